The first-order chi connectivity index (χ1) is 10.8. The first-order valence-corrected chi connectivity index (χ1v) is 8.09. The van der Waals surface area contributed by atoms with E-state index in [-0.39, 0.29) is 24.0 Å². The molecule has 1 fully saturated rings. The second kappa shape index (κ2) is 8.61. The Morgan fingerprint density at radius 3 is 2.70 bits per heavy atom. The molecule has 0 spiro atoms. The fourth-order valence-corrected chi connectivity index (χ4v) is 3.01. The Hall–Kier alpha value is -1.18. The molecule has 0 radical (unpaired) electrons. The molecule has 1 aliphatic heterocycles. The van der Waals surface area contributed by atoms with Crippen LogP contribution in [0.2, 0.25) is 0 Å². The van der Waals surface area contributed by atoms with E-state index in [2.05, 4.69) is 34.4 Å². The summed E-state index contributed by atoms with van der Waals surface area (Å²) in [6.07, 6.45) is 5.16. The largest absolute Gasteiger partial charge is 0.493 e. The van der Waals surface area contributed by atoms with Gasteiger partial charge in [0.1, 0.15) is 0 Å². The topological polar surface area (TPSA) is 46.1 Å². The van der Waals surface area contributed by atoms with Gasteiger partial charge in [-0.1, -0.05) is 6.07 Å². The number of benzene rings is 1. The van der Waals surface area contributed by atoms with Gasteiger partial charge in [0, 0.05) is 20.1 Å². The van der Waals surface area contributed by atoms with Crippen LogP contribution in [0.5, 0.6) is 11.5 Å². The molecule has 1 heterocycles. The smallest absolute Gasteiger partial charge is 0.194 e. The molecule has 2 aliphatic rings. The lowest BCUT2D eigenvalue weighted by Gasteiger charge is -2.18. The number of nitrogens with zero attached hydrogens (tertiary/aromatic N) is 2. The highest BCUT2D eigenvalue weighted by Crippen LogP contribution is 2.32. The van der Waals surface area contributed by atoms with E-state index >= 15 is 0 Å². The van der Waals surface area contributed by atoms with Crippen molar-refractivity contribution in [3.8, 4) is 11.5 Å². The molecule has 1 saturated carbocycles. The summed E-state index contributed by atoms with van der Waals surface area (Å²) in [5, 5.41) is 3.39. The van der Waals surface area contributed by atoms with E-state index in [1.807, 2.05) is 6.07 Å². The van der Waals surface area contributed by atoms with Gasteiger partial charge in [0.15, 0.2) is 17.5 Å². The molecular weight excluding hydrogens is 405 g/mol. The highest BCUT2D eigenvalue weighted by molar-refractivity contribution is 14.0. The molecule has 0 amide bonds. The van der Waals surface area contributed by atoms with E-state index < -0.39 is 0 Å². The number of likely N-dealkylation sites (N-methyl/N-ethyl adjacent to an activating group) is 1. The highest BCUT2D eigenvalue weighted by Gasteiger charge is 2.19. The summed E-state index contributed by atoms with van der Waals surface area (Å²) in [6.45, 7) is 2.60. The van der Waals surface area contributed by atoms with E-state index in [1.54, 1.807) is 7.11 Å². The molecule has 1 aromatic carbocycles. The van der Waals surface area contributed by atoms with Crippen molar-refractivity contribution in [2.24, 2.45) is 4.99 Å². The van der Waals surface area contributed by atoms with E-state index in [4.69, 9.17) is 9.47 Å². The normalized spacial score (nSPS) is 17.7. The fraction of sp³-hybridized carbons (Fsp3) is 0.588. The van der Waals surface area contributed by atoms with Crippen LogP contribution in [-0.4, -0.2) is 44.2 Å². The summed E-state index contributed by atoms with van der Waals surface area (Å²) in [5.41, 5.74) is 1.18. The van der Waals surface area contributed by atoms with Gasteiger partial charge >= 0.3 is 0 Å². The van der Waals surface area contributed by atoms with Gasteiger partial charge in [0.25, 0.3) is 0 Å². The fourth-order valence-electron chi connectivity index (χ4n) is 3.01. The Morgan fingerprint density at radius 1 is 1.26 bits per heavy atom. The first kappa shape index (κ1) is 18.2. The molecule has 1 N–H and O–H groups in total. The van der Waals surface area contributed by atoms with Crippen LogP contribution in [0.1, 0.15) is 31.2 Å². The summed E-state index contributed by atoms with van der Waals surface area (Å²) >= 11 is 0. The van der Waals surface area contributed by atoms with Crippen molar-refractivity contribution >= 4 is 29.9 Å². The molecule has 3 rings (SSSR count). The Balaban J connectivity index is 0.00000192. The number of aliphatic imine (C=N–C) groups is 1. The van der Waals surface area contributed by atoms with Crippen molar-refractivity contribution in [1.29, 1.82) is 0 Å². The van der Waals surface area contributed by atoms with Crippen LogP contribution < -0.4 is 14.8 Å². The maximum Gasteiger partial charge on any atom is 0.194 e. The van der Waals surface area contributed by atoms with Gasteiger partial charge in [-0.15, -0.1) is 24.0 Å². The highest BCUT2D eigenvalue weighted by atomic mass is 127. The third-order valence-corrected chi connectivity index (χ3v) is 4.33. The van der Waals surface area contributed by atoms with Gasteiger partial charge < -0.3 is 19.7 Å². The van der Waals surface area contributed by atoms with Crippen molar-refractivity contribution in [2.45, 2.75) is 38.3 Å². The van der Waals surface area contributed by atoms with Crippen molar-refractivity contribution < 1.29 is 9.47 Å². The quantitative estimate of drug-likeness (QED) is 0.729. The van der Waals surface area contributed by atoms with Crippen molar-refractivity contribution in [3.63, 3.8) is 0 Å². The standard InChI is InChI=1S/C17H25N3O2.HI/c1-20-10-9-18-17(20)19-12-13-7-8-15(21-2)16(11-13)22-14-5-3-4-6-14;/h7-8,11,14H,3-6,9-10,12H2,1-2H3,(H,18,19);1H. The minimum atomic E-state index is 0. The van der Waals surface area contributed by atoms with Crippen molar-refractivity contribution in [1.82, 2.24) is 10.2 Å². The Bertz CT molecular complexity index is 545. The van der Waals surface area contributed by atoms with Crippen molar-refractivity contribution in [3.05, 3.63) is 23.8 Å². The predicted molar refractivity (Wildman–Crippen MR) is 103 cm³/mol. The van der Waals surface area contributed by atoms with E-state index in [0.717, 1.165) is 49.9 Å². The van der Waals surface area contributed by atoms with E-state index in [1.165, 1.54) is 18.4 Å². The Morgan fingerprint density at radius 2 is 2.04 bits per heavy atom. The third kappa shape index (κ3) is 4.65. The number of ether oxygens (including phenoxy) is 2. The zero-order chi connectivity index (χ0) is 15.4. The van der Waals surface area contributed by atoms with Gasteiger partial charge in [-0.25, -0.2) is 0 Å². The molecule has 0 aromatic heterocycles. The van der Waals surface area contributed by atoms with Gasteiger partial charge in [0.2, 0.25) is 0 Å². The molecule has 1 aromatic rings. The maximum atomic E-state index is 6.14. The van der Waals surface area contributed by atoms with Gasteiger partial charge in [0.05, 0.1) is 19.8 Å². The number of halogens is 1. The van der Waals surface area contributed by atoms with Crippen molar-refractivity contribution in [2.75, 3.05) is 27.2 Å². The minimum absolute atomic E-state index is 0. The Labute approximate surface area is 155 Å². The lowest BCUT2D eigenvalue weighted by Crippen LogP contribution is -2.35. The lowest BCUT2D eigenvalue weighted by molar-refractivity contribution is 0.200. The summed E-state index contributed by atoms with van der Waals surface area (Å²) in [5.74, 6) is 2.63. The lowest BCUT2D eigenvalue weighted by atomic mass is 10.2. The van der Waals surface area contributed by atoms with Crippen LogP contribution in [-0.2, 0) is 6.54 Å². The number of nitrogens with one attached hydrogen (secondary N) is 1. The average Bonchev–Trinajstić information content (AvgIpc) is 3.17. The zero-order valence-corrected chi connectivity index (χ0v) is 16.2. The number of hydrogen-bond acceptors (Lipinski definition) is 5. The second-order valence-electron chi connectivity index (χ2n) is 5.99. The molecule has 0 saturated heterocycles. The summed E-state index contributed by atoms with van der Waals surface area (Å²) in [7, 11) is 3.75. The predicted octanol–water partition coefficient (Wildman–Crippen LogP) is 3.03. The van der Waals surface area contributed by atoms with Gasteiger partial charge in [-0.05, 0) is 43.4 Å². The SMILES string of the molecule is COc1ccc(CNC2=NCCN2C)cc1OC1CCCC1.I. The van der Waals surface area contributed by atoms with Gasteiger partial charge in [-0.3, -0.25) is 4.99 Å². The van der Waals surface area contributed by atoms with Gasteiger partial charge in [-0.2, -0.15) is 0 Å². The number of rotatable bonds is 5. The molecule has 0 atom stereocenters. The summed E-state index contributed by atoms with van der Waals surface area (Å²) in [4.78, 5) is 6.58. The second-order valence-corrected chi connectivity index (χ2v) is 5.99. The summed E-state index contributed by atoms with van der Waals surface area (Å²) in [6, 6.07) is 6.14. The van der Waals surface area contributed by atoms with Crippen LogP contribution >= 0.6 is 24.0 Å². The molecule has 0 bridgehead atoms. The van der Waals surface area contributed by atoms with Crippen LogP contribution in [0.25, 0.3) is 0 Å². The Kier molecular flexibility index (Phi) is 6.80. The maximum absolute atomic E-state index is 6.14. The molecule has 128 valence electrons. The van der Waals surface area contributed by atoms with E-state index in [0.29, 0.717) is 6.10 Å². The molecule has 1 aliphatic carbocycles. The molecule has 5 nitrogen and oxygen atoms in total. The minimum Gasteiger partial charge on any atom is -0.493 e. The number of methoxy groups -OCH3 is 1. The van der Waals surface area contributed by atoms with Crippen LogP contribution in [0.4, 0.5) is 0 Å². The number of hydrogen-bond donors (Lipinski definition) is 1. The molecule has 6 heteroatoms. The summed E-state index contributed by atoms with van der Waals surface area (Å²) < 4.78 is 11.6. The van der Waals surface area contributed by atoms with Crippen LogP contribution in [0.3, 0.4) is 0 Å². The molecular formula is C17H26IN3O2. The third-order valence-electron chi connectivity index (χ3n) is 4.33. The zero-order valence-electron chi connectivity index (χ0n) is 13.9. The van der Waals surface area contributed by atoms with Crippen LogP contribution in [0.15, 0.2) is 23.2 Å². The number of guanidine groups is 1. The molecule has 23 heavy (non-hydrogen) atoms. The molecule has 0 unspecified atom stereocenters. The monoisotopic (exact) mass is 431 g/mol. The van der Waals surface area contributed by atoms with E-state index in [9.17, 15) is 0 Å². The average molecular weight is 431 g/mol. The first-order valence-electron chi connectivity index (χ1n) is 8.09. The van der Waals surface area contributed by atoms with Crippen LogP contribution in [0, 0.1) is 0 Å².